The van der Waals surface area contributed by atoms with Crippen molar-refractivity contribution in [2.75, 3.05) is 0 Å². The first-order valence-corrected chi connectivity index (χ1v) is 7.48. The third kappa shape index (κ3) is 2.05. The van der Waals surface area contributed by atoms with Crippen LogP contribution in [-0.2, 0) is 0 Å². The van der Waals surface area contributed by atoms with Gasteiger partial charge in [0.2, 0.25) is 0 Å². The van der Waals surface area contributed by atoms with Gasteiger partial charge in [-0.3, -0.25) is 0 Å². The van der Waals surface area contributed by atoms with Crippen LogP contribution in [0.25, 0.3) is 11.2 Å². The molecular formula is C13H15BrClN3. The smallest absolute Gasteiger partial charge is 0.160 e. The molecular weight excluding hydrogens is 314 g/mol. The van der Waals surface area contributed by atoms with Crippen molar-refractivity contribution in [1.29, 1.82) is 0 Å². The second-order valence-electron chi connectivity index (χ2n) is 5.03. The molecule has 2 atom stereocenters. The lowest BCUT2D eigenvalue weighted by atomic mass is 10.2. The molecule has 1 aliphatic carbocycles. The monoisotopic (exact) mass is 327 g/mol. The lowest BCUT2D eigenvalue weighted by Crippen LogP contribution is -2.12. The molecule has 0 aliphatic heterocycles. The fraction of sp³-hybridized carbons (Fsp3) is 0.538. The molecule has 0 saturated heterocycles. The number of imidazole rings is 1. The molecule has 18 heavy (non-hydrogen) atoms. The van der Waals surface area contributed by atoms with Crippen molar-refractivity contribution in [2.24, 2.45) is 5.92 Å². The van der Waals surface area contributed by atoms with Crippen molar-refractivity contribution in [3.8, 4) is 0 Å². The van der Waals surface area contributed by atoms with Crippen LogP contribution in [0.2, 0.25) is 0 Å². The van der Waals surface area contributed by atoms with Gasteiger partial charge in [-0.25, -0.2) is 9.97 Å². The largest absolute Gasteiger partial charge is 0.308 e. The van der Waals surface area contributed by atoms with Gasteiger partial charge in [0, 0.05) is 16.7 Å². The highest BCUT2D eigenvalue weighted by Gasteiger charge is 2.32. The highest BCUT2D eigenvalue weighted by atomic mass is 79.9. The van der Waals surface area contributed by atoms with Crippen LogP contribution in [0.1, 0.15) is 43.9 Å². The van der Waals surface area contributed by atoms with Crippen LogP contribution in [0.15, 0.2) is 16.7 Å². The molecule has 3 nitrogen and oxygen atoms in total. The summed E-state index contributed by atoms with van der Waals surface area (Å²) in [6.45, 7) is 4.21. The highest BCUT2D eigenvalue weighted by molar-refractivity contribution is 9.10. The molecule has 0 spiro atoms. The molecule has 1 aliphatic rings. The first-order valence-electron chi connectivity index (χ1n) is 6.25. The maximum absolute atomic E-state index is 6.27. The van der Waals surface area contributed by atoms with E-state index in [1.54, 1.807) is 0 Å². The Morgan fingerprint density at radius 1 is 1.44 bits per heavy atom. The van der Waals surface area contributed by atoms with E-state index in [4.69, 9.17) is 11.6 Å². The number of hydrogen-bond donors (Lipinski definition) is 0. The lowest BCUT2D eigenvalue weighted by Gasteiger charge is -2.17. The third-order valence-electron chi connectivity index (χ3n) is 3.59. The van der Waals surface area contributed by atoms with Crippen molar-refractivity contribution in [1.82, 2.24) is 14.5 Å². The quantitative estimate of drug-likeness (QED) is 0.779. The van der Waals surface area contributed by atoms with E-state index >= 15 is 0 Å². The Labute approximate surface area is 120 Å². The van der Waals surface area contributed by atoms with Crippen LogP contribution in [-0.4, -0.2) is 14.5 Å². The summed E-state index contributed by atoms with van der Waals surface area (Å²) in [6, 6.07) is 2.43. The molecule has 1 saturated carbocycles. The fourth-order valence-electron chi connectivity index (χ4n) is 2.45. The minimum atomic E-state index is -0.0980. The minimum absolute atomic E-state index is 0.0980. The molecule has 2 unspecified atom stereocenters. The van der Waals surface area contributed by atoms with Gasteiger partial charge < -0.3 is 4.57 Å². The Bertz CT molecular complexity index is 589. The highest BCUT2D eigenvalue weighted by Crippen LogP contribution is 2.42. The van der Waals surface area contributed by atoms with E-state index in [1.807, 2.05) is 19.2 Å². The molecule has 5 heteroatoms. The van der Waals surface area contributed by atoms with E-state index in [-0.39, 0.29) is 5.38 Å². The number of alkyl halides is 1. The van der Waals surface area contributed by atoms with E-state index in [2.05, 4.69) is 37.4 Å². The maximum Gasteiger partial charge on any atom is 0.160 e. The SMILES string of the molecule is CC(Cl)c1nc2cc(Br)cnc2n1C(C)C1CC1. The summed E-state index contributed by atoms with van der Waals surface area (Å²) in [5.41, 5.74) is 1.86. The topological polar surface area (TPSA) is 30.7 Å². The van der Waals surface area contributed by atoms with Gasteiger partial charge in [0.1, 0.15) is 11.3 Å². The number of nitrogens with zero attached hydrogens (tertiary/aromatic N) is 3. The molecule has 96 valence electrons. The minimum Gasteiger partial charge on any atom is -0.308 e. The van der Waals surface area contributed by atoms with Crippen LogP contribution >= 0.6 is 27.5 Å². The van der Waals surface area contributed by atoms with Crippen molar-refractivity contribution in [3.05, 3.63) is 22.6 Å². The molecule has 2 aromatic heterocycles. The Balaban J connectivity index is 2.21. The van der Waals surface area contributed by atoms with Gasteiger partial charge in [0.15, 0.2) is 5.65 Å². The first-order chi connectivity index (χ1) is 8.58. The summed E-state index contributed by atoms with van der Waals surface area (Å²) >= 11 is 9.70. The van der Waals surface area contributed by atoms with Crippen molar-refractivity contribution >= 4 is 38.7 Å². The van der Waals surface area contributed by atoms with E-state index in [9.17, 15) is 0 Å². The summed E-state index contributed by atoms with van der Waals surface area (Å²) in [7, 11) is 0. The zero-order valence-electron chi connectivity index (χ0n) is 10.4. The standard InChI is InChI=1S/C13H15BrClN3/c1-7(15)12-17-11-5-10(14)6-16-13(11)18(12)8(2)9-3-4-9/h5-9H,3-4H2,1-2H3. The molecule has 0 radical (unpaired) electrons. The van der Waals surface area contributed by atoms with E-state index in [0.29, 0.717) is 6.04 Å². The molecule has 2 heterocycles. The molecule has 0 amide bonds. The number of halogens is 2. The summed E-state index contributed by atoms with van der Waals surface area (Å²) < 4.78 is 3.17. The van der Waals surface area contributed by atoms with E-state index < -0.39 is 0 Å². The summed E-state index contributed by atoms with van der Waals surface area (Å²) in [4.78, 5) is 9.15. The normalized spacial score (nSPS) is 19.1. The summed E-state index contributed by atoms with van der Waals surface area (Å²) in [5, 5.41) is -0.0980. The van der Waals surface area contributed by atoms with Crippen LogP contribution < -0.4 is 0 Å². The van der Waals surface area contributed by atoms with Crippen molar-refractivity contribution < 1.29 is 0 Å². The van der Waals surface area contributed by atoms with Crippen molar-refractivity contribution in [2.45, 2.75) is 38.1 Å². The predicted molar refractivity (Wildman–Crippen MR) is 76.9 cm³/mol. The molecule has 0 N–H and O–H groups in total. The van der Waals surface area contributed by atoms with E-state index in [0.717, 1.165) is 27.4 Å². The van der Waals surface area contributed by atoms with Crippen LogP contribution in [0, 0.1) is 5.92 Å². The lowest BCUT2D eigenvalue weighted by molar-refractivity contribution is 0.477. The first kappa shape index (κ1) is 12.4. The van der Waals surface area contributed by atoms with Gasteiger partial charge >= 0.3 is 0 Å². The van der Waals surface area contributed by atoms with Crippen LogP contribution in [0.4, 0.5) is 0 Å². The second-order valence-corrected chi connectivity index (χ2v) is 6.60. The van der Waals surface area contributed by atoms with Crippen molar-refractivity contribution in [3.63, 3.8) is 0 Å². The number of hydrogen-bond acceptors (Lipinski definition) is 2. The van der Waals surface area contributed by atoms with Gasteiger partial charge in [-0.15, -0.1) is 11.6 Å². The number of fused-ring (bicyclic) bond motifs is 1. The van der Waals surface area contributed by atoms with Gasteiger partial charge in [-0.05, 0) is 54.6 Å². The van der Waals surface area contributed by atoms with Crippen LogP contribution in [0.3, 0.4) is 0 Å². The summed E-state index contributed by atoms with van der Waals surface area (Å²) in [5.74, 6) is 1.68. The molecule has 0 aromatic carbocycles. The molecule has 1 fully saturated rings. The number of rotatable bonds is 3. The average Bonchev–Trinajstić information content (AvgIpc) is 3.08. The average molecular weight is 329 g/mol. The molecule has 3 rings (SSSR count). The number of pyridine rings is 1. The Morgan fingerprint density at radius 3 is 2.78 bits per heavy atom. The van der Waals surface area contributed by atoms with Gasteiger partial charge in [-0.1, -0.05) is 0 Å². The van der Waals surface area contributed by atoms with Gasteiger partial charge in [0.05, 0.1) is 5.38 Å². The van der Waals surface area contributed by atoms with E-state index in [1.165, 1.54) is 12.8 Å². The van der Waals surface area contributed by atoms with Gasteiger partial charge in [0.25, 0.3) is 0 Å². The third-order valence-corrected chi connectivity index (χ3v) is 4.22. The van der Waals surface area contributed by atoms with Crippen LogP contribution in [0.5, 0.6) is 0 Å². The fourth-order valence-corrected chi connectivity index (χ4v) is 2.92. The Kier molecular flexibility index (Phi) is 3.10. The molecule has 0 bridgehead atoms. The summed E-state index contributed by atoms with van der Waals surface area (Å²) in [6.07, 6.45) is 4.42. The Hall–Kier alpha value is -0.610. The zero-order chi connectivity index (χ0) is 12.9. The van der Waals surface area contributed by atoms with Gasteiger partial charge in [-0.2, -0.15) is 0 Å². The maximum atomic E-state index is 6.27. The zero-order valence-corrected chi connectivity index (χ0v) is 12.7. The number of aromatic nitrogens is 3. The predicted octanol–water partition coefficient (Wildman–Crippen LogP) is 4.46. The second kappa shape index (κ2) is 4.49. The Morgan fingerprint density at radius 2 is 2.17 bits per heavy atom. The molecule has 2 aromatic rings.